The number of rotatable bonds is 4. The Kier molecular flexibility index (Phi) is 5.13. The normalized spacial score (nSPS) is 19.2. The largest absolute Gasteiger partial charge is 0.325 e. The van der Waals surface area contributed by atoms with Gasteiger partial charge in [0.1, 0.15) is 12.1 Å². The highest BCUT2D eigenvalue weighted by Crippen LogP contribution is 2.29. The van der Waals surface area contributed by atoms with Crippen LogP contribution in [-0.2, 0) is 15.1 Å². The van der Waals surface area contributed by atoms with Crippen LogP contribution < -0.4 is 10.6 Å². The van der Waals surface area contributed by atoms with E-state index in [1.54, 1.807) is 19.1 Å². The molecule has 2 aromatic rings. The van der Waals surface area contributed by atoms with E-state index in [-0.39, 0.29) is 0 Å². The maximum Gasteiger partial charge on any atom is 0.325 e. The third kappa shape index (κ3) is 3.91. The summed E-state index contributed by atoms with van der Waals surface area (Å²) < 4.78 is 0. The third-order valence-corrected chi connectivity index (χ3v) is 4.79. The van der Waals surface area contributed by atoms with Crippen molar-refractivity contribution in [1.82, 2.24) is 10.2 Å². The molecule has 8 heteroatoms. The lowest BCUT2D eigenvalue weighted by Crippen LogP contribution is -2.42. The summed E-state index contributed by atoms with van der Waals surface area (Å²) in [6.07, 6.45) is 0. The number of imide groups is 1. The lowest BCUT2D eigenvalue weighted by atomic mass is 9.91. The quantitative estimate of drug-likeness (QED) is 0.760. The van der Waals surface area contributed by atoms with E-state index in [0.29, 0.717) is 21.3 Å². The predicted octanol–water partition coefficient (Wildman–Crippen LogP) is 3.71. The first-order valence-corrected chi connectivity index (χ1v) is 8.92. The molecule has 140 valence electrons. The first-order valence-electron chi connectivity index (χ1n) is 8.16. The Hall–Kier alpha value is -2.57. The van der Waals surface area contributed by atoms with Crippen molar-refractivity contribution in [2.75, 3.05) is 11.9 Å². The van der Waals surface area contributed by atoms with Gasteiger partial charge in [0.25, 0.3) is 5.91 Å². The molecule has 0 bridgehead atoms. The molecule has 0 aliphatic carbocycles. The summed E-state index contributed by atoms with van der Waals surface area (Å²) in [5.41, 5.74) is 0.849. The predicted molar refractivity (Wildman–Crippen MR) is 104 cm³/mol. The smallest absolute Gasteiger partial charge is 0.324 e. The van der Waals surface area contributed by atoms with Gasteiger partial charge in [-0.25, -0.2) is 4.79 Å². The summed E-state index contributed by atoms with van der Waals surface area (Å²) >= 11 is 11.8. The monoisotopic (exact) mass is 405 g/mol. The average Bonchev–Trinajstić information content (AvgIpc) is 2.78. The number of amides is 4. The highest BCUT2D eigenvalue weighted by atomic mass is 35.5. The summed E-state index contributed by atoms with van der Waals surface area (Å²) in [5, 5.41) is 5.97. The summed E-state index contributed by atoms with van der Waals surface area (Å²) in [6, 6.07) is 11.2. The van der Waals surface area contributed by atoms with Crippen LogP contribution in [0.3, 0.4) is 0 Å². The van der Waals surface area contributed by atoms with Gasteiger partial charge in [0.15, 0.2) is 0 Å². The maximum absolute atomic E-state index is 12.8. The van der Waals surface area contributed by atoms with Gasteiger partial charge in [-0.3, -0.25) is 14.5 Å². The number of urea groups is 1. The van der Waals surface area contributed by atoms with Crippen molar-refractivity contribution in [3.05, 3.63) is 63.6 Å². The second-order valence-electron chi connectivity index (χ2n) is 6.52. The van der Waals surface area contributed by atoms with Crippen LogP contribution in [0.5, 0.6) is 0 Å². The highest BCUT2D eigenvalue weighted by molar-refractivity contribution is 6.35. The van der Waals surface area contributed by atoms with Gasteiger partial charge >= 0.3 is 6.03 Å². The van der Waals surface area contributed by atoms with Gasteiger partial charge in [0, 0.05) is 15.7 Å². The number of hydrogen-bond donors (Lipinski definition) is 2. The van der Waals surface area contributed by atoms with Crippen molar-refractivity contribution in [1.29, 1.82) is 0 Å². The molecule has 2 N–H and O–H groups in total. The molecule has 1 aliphatic rings. The van der Waals surface area contributed by atoms with Crippen molar-refractivity contribution < 1.29 is 14.4 Å². The lowest BCUT2D eigenvalue weighted by molar-refractivity contribution is -0.133. The number of carbonyl (C=O) groups is 3. The summed E-state index contributed by atoms with van der Waals surface area (Å²) in [5.74, 6) is -1.03. The van der Waals surface area contributed by atoms with Crippen molar-refractivity contribution in [2.45, 2.75) is 19.4 Å². The van der Waals surface area contributed by atoms with E-state index in [2.05, 4.69) is 10.6 Å². The molecule has 1 aliphatic heterocycles. The molecule has 0 radical (unpaired) electrons. The molecule has 3 rings (SSSR count). The number of carbonyl (C=O) groups excluding carboxylic acids is 3. The van der Waals surface area contributed by atoms with Crippen molar-refractivity contribution >= 4 is 46.7 Å². The van der Waals surface area contributed by atoms with E-state index < -0.39 is 29.9 Å². The number of anilines is 1. The van der Waals surface area contributed by atoms with Crippen LogP contribution in [0.2, 0.25) is 10.0 Å². The van der Waals surface area contributed by atoms with Gasteiger partial charge in [-0.1, -0.05) is 53.0 Å². The molecule has 6 nitrogen and oxygen atoms in total. The molecule has 1 heterocycles. The van der Waals surface area contributed by atoms with Crippen molar-refractivity contribution in [3.8, 4) is 0 Å². The zero-order valence-corrected chi connectivity index (χ0v) is 16.2. The topological polar surface area (TPSA) is 78.5 Å². The van der Waals surface area contributed by atoms with Crippen LogP contribution in [0.4, 0.5) is 10.5 Å². The molecule has 2 aromatic carbocycles. The van der Waals surface area contributed by atoms with Crippen LogP contribution in [0, 0.1) is 6.92 Å². The number of aryl methyl sites for hydroxylation is 1. The summed E-state index contributed by atoms with van der Waals surface area (Å²) in [6.45, 7) is 3.13. The Morgan fingerprint density at radius 2 is 1.70 bits per heavy atom. The fourth-order valence-electron chi connectivity index (χ4n) is 2.89. The van der Waals surface area contributed by atoms with Gasteiger partial charge in [0.05, 0.1) is 0 Å². The molecule has 1 saturated heterocycles. The molecular formula is C19H17Cl2N3O3. The van der Waals surface area contributed by atoms with E-state index >= 15 is 0 Å². The zero-order chi connectivity index (χ0) is 19.8. The fraction of sp³-hybridized carbons (Fsp3) is 0.211. The highest BCUT2D eigenvalue weighted by Gasteiger charge is 2.49. The Bertz CT molecular complexity index is 910. The van der Waals surface area contributed by atoms with Crippen LogP contribution in [-0.4, -0.2) is 29.3 Å². The van der Waals surface area contributed by atoms with Gasteiger partial charge in [-0.05, 0) is 37.6 Å². The number of hydrogen-bond acceptors (Lipinski definition) is 3. The first-order chi connectivity index (χ1) is 12.7. The van der Waals surface area contributed by atoms with Gasteiger partial charge < -0.3 is 10.6 Å². The van der Waals surface area contributed by atoms with E-state index in [9.17, 15) is 14.4 Å². The molecular weight excluding hydrogens is 389 g/mol. The molecule has 1 atom stereocenters. The van der Waals surface area contributed by atoms with Crippen molar-refractivity contribution in [3.63, 3.8) is 0 Å². The molecule has 27 heavy (non-hydrogen) atoms. The second kappa shape index (κ2) is 7.21. The maximum atomic E-state index is 12.8. The van der Waals surface area contributed by atoms with E-state index in [4.69, 9.17) is 23.2 Å². The lowest BCUT2D eigenvalue weighted by Gasteiger charge is -2.22. The second-order valence-corrected chi connectivity index (χ2v) is 7.39. The van der Waals surface area contributed by atoms with E-state index in [0.717, 1.165) is 10.5 Å². The van der Waals surface area contributed by atoms with Crippen molar-refractivity contribution in [2.24, 2.45) is 0 Å². The Morgan fingerprint density at radius 3 is 2.30 bits per heavy atom. The number of halogens is 2. The Morgan fingerprint density at radius 1 is 1.11 bits per heavy atom. The van der Waals surface area contributed by atoms with Gasteiger partial charge in [-0.15, -0.1) is 0 Å². The average molecular weight is 406 g/mol. The summed E-state index contributed by atoms with van der Waals surface area (Å²) in [7, 11) is 0. The van der Waals surface area contributed by atoms with Crippen LogP contribution >= 0.6 is 23.2 Å². The Labute approximate surface area is 166 Å². The molecule has 1 fully saturated rings. The molecule has 0 aromatic heterocycles. The number of nitrogens with zero attached hydrogens (tertiary/aromatic N) is 1. The third-order valence-electron chi connectivity index (χ3n) is 4.35. The van der Waals surface area contributed by atoms with Gasteiger partial charge in [0.2, 0.25) is 5.91 Å². The minimum atomic E-state index is -1.22. The van der Waals surface area contributed by atoms with Crippen LogP contribution in [0.1, 0.15) is 18.1 Å². The van der Waals surface area contributed by atoms with Crippen LogP contribution in [0.15, 0.2) is 42.5 Å². The standard InChI is InChI=1S/C19H17Cl2N3O3/c1-11-3-5-12(6-4-11)19(2)17(26)24(18(27)23-19)10-16(25)22-15-8-13(20)7-14(21)9-15/h3-9H,10H2,1-2H3,(H,22,25)(H,23,27)/t19-/m0/s1. The van der Waals surface area contributed by atoms with Crippen LogP contribution in [0.25, 0.3) is 0 Å². The van der Waals surface area contributed by atoms with Gasteiger partial charge in [-0.2, -0.15) is 0 Å². The number of nitrogens with one attached hydrogen (secondary N) is 2. The first kappa shape index (κ1) is 19.2. The molecule has 0 spiro atoms. The molecule has 4 amide bonds. The fourth-order valence-corrected chi connectivity index (χ4v) is 3.42. The Balaban J connectivity index is 1.75. The van der Waals surface area contributed by atoms with E-state index in [1.165, 1.54) is 18.2 Å². The minimum Gasteiger partial charge on any atom is -0.324 e. The molecule has 0 saturated carbocycles. The minimum absolute atomic E-state index is 0.361. The number of benzene rings is 2. The molecule has 0 unspecified atom stereocenters. The summed E-state index contributed by atoms with van der Waals surface area (Å²) in [4.78, 5) is 38.3. The van der Waals surface area contributed by atoms with E-state index in [1.807, 2.05) is 19.1 Å². The zero-order valence-electron chi connectivity index (χ0n) is 14.7. The SMILES string of the molecule is Cc1ccc([C@]2(C)NC(=O)N(CC(=O)Nc3cc(Cl)cc(Cl)c3)C2=O)cc1.